The number of fused-ring (bicyclic) bond motifs is 3. The first-order valence-electron chi connectivity index (χ1n) is 12.3. The summed E-state index contributed by atoms with van der Waals surface area (Å²) in [5.74, 6) is 1.51. The van der Waals surface area contributed by atoms with Crippen molar-refractivity contribution in [3.8, 4) is 16.9 Å². The average Bonchev–Trinajstić information content (AvgIpc) is 3.40. The summed E-state index contributed by atoms with van der Waals surface area (Å²) in [5.41, 5.74) is 4.46. The summed E-state index contributed by atoms with van der Waals surface area (Å²) in [5, 5.41) is 3.30. The topological polar surface area (TPSA) is 114 Å². The number of pyridine rings is 2. The minimum atomic E-state index is -3.03. The number of ether oxygens (including phenoxy) is 1. The summed E-state index contributed by atoms with van der Waals surface area (Å²) in [6.07, 6.45) is 6.59. The van der Waals surface area contributed by atoms with E-state index in [0.717, 1.165) is 41.1 Å². The Balaban J connectivity index is 1.29. The third-order valence-corrected chi connectivity index (χ3v) is 9.18. The molecule has 3 aromatic rings. The maximum Gasteiger partial charge on any atom is 0.227 e. The van der Waals surface area contributed by atoms with Gasteiger partial charge in [0.25, 0.3) is 0 Å². The van der Waals surface area contributed by atoms with Gasteiger partial charge in [0, 0.05) is 61.2 Å². The minimum absolute atomic E-state index is 0.146. The van der Waals surface area contributed by atoms with Crippen LogP contribution in [-0.4, -0.2) is 56.0 Å². The Bertz CT molecular complexity index is 1400. The molecule has 0 atom stereocenters. The molecule has 0 unspecified atom stereocenters. The number of nitrogens with one attached hydrogen (secondary N) is 1. The molecular weight excluding hydrogens is 492 g/mol. The van der Waals surface area contributed by atoms with Gasteiger partial charge in [-0.1, -0.05) is 11.0 Å². The molecule has 0 aliphatic carbocycles. The standard InChI is InChI=1S/C26H30N6O4S/c1-26(2)22-13-24(29-17-11-19(15-27-14-17)32-10-9-30(3)37(32,34)35)28-16-21(22)20-7-6-18(12-23(20)36-26)31-8-4-5-25(31)33/h6-7,11-16,34-35H,4-5,8-10H2,1-3H3,(H,28,29). The molecule has 5 heterocycles. The van der Waals surface area contributed by atoms with Crippen LogP contribution in [0.15, 0.2) is 48.9 Å². The highest BCUT2D eigenvalue weighted by atomic mass is 32.3. The van der Waals surface area contributed by atoms with E-state index in [1.54, 1.807) is 28.1 Å². The fourth-order valence-corrected chi connectivity index (χ4v) is 6.54. The van der Waals surface area contributed by atoms with Gasteiger partial charge in [-0.05, 0) is 44.5 Å². The highest BCUT2D eigenvalue weighted by molar-refractivity contribution is 8.23. The molecule has 1 amide bonds. The number of aromatic nitrogens is 2. The minimum Gasteiger partial charge on any atom is -0.482 e. The van der Waals surface area contributed by atoms with Crippen molar-refractivity contribution in [3.05, 3.63) is 54.5 Å². The van der Waals surface area contributed by atoms with Gasteiger partial charge >= 0.3 is 0 Å². The van der Waals surface area contributed by atoms with Crippen LogP contribution < -0.4 is 19.3 Å². The number of amides is 1. The number of anilines is 4. The highest BCUT2D eigenvalue weighted by Gasteiger charge is 2.36. The lowest BCUT2D eigenvalue weighted by molar-refractivity contribution is -0.117. The van der Waals surface area contributed by atoms with Crippen LogP contribution in [0.25, 0.3) is 11.1 Å². The van der Waals surface area contributed by atoms with Crippen molar-refractivity contribution in [2.75, 3.05) is 41.2 Å². The zero-order valence-electron chi connectivity index (χ0n) is 21.0. The van der Waals surface area contributed by atoms with Crippen molar-refractivity contribution >= 4 is 39.7 Å². The van der Waals surface area contributed by atoms with E-state index in [-0.39, 0.29) is 5.91 Å². The molecule has 37 heavy (non-hydrogen) atoms. The maximum atomic E-state index is 12.2. The van der Waals surface area contributed by atoms with Crippen molar-refractivity contribution in [2.24, 2.45) is 0 Å². The summed E-state index contributed by atoms with van der Waals surface area (Å²) in [6.45, 7) is 5.82. The third-order valence-electron chi connectivity index (χ3n) is 7.17. The SMILES string of the molecule is CN1CCN(c2cncc(Nc3cc4c(cn3)-c3ccc(N5CCCC5=O)cc3OC4(C)C)c2)S1(O)O. The predicted molar refractivity (Wildman–Crippen MR) is 145 cm³/mol. The lowest BCUT2D eigenvalue weighted by atomic mass is 9.87. The van der Waals surface area contributed by atoms with Gasteiger partial charge in [-0.15, -0.1) is 0 Å². The van der Waals surface area contributed by atoms with Crippen molar-refractivity contribution in [2.45, 2.75) is 32.3 Å². The van der Waals surface area contributed by atoms with Gasteiger partial charge in [0.2, 0.25) is 5.91 Å². The van der Waals surface area contributed by atoms with Gasteiger partial charge in [-0.25, -0.2) is 4.98 Å². The van der Waals surface area contributed by atoms with Crippen LogP contribution in [0.2, 0.25) is 0 Å². The van der Waals surface area contributed by atoms with E-state index < -0.39 is 16.6 Å². The molecule has 0 saturated carbocycles. The Morgan fingerprint density at radius 3 is 2.59 bits per heavy atom. The fraction of sp³-hybridized carbons (Fsp3) is 0.346. The Hall–Kier alpha value is -3.38. The molecule has 0 radical (unpaired) electrons. The molecule has 2 fully saturated rings. The zero-order valence-corrected chi connectivity index (χ0v) is 21.8. The Labute approximate surface area is 217 Å². The van der Waals surface area contributed by atoms with Gasteiger partial charge in [0.05, 0.1) is 30.3 Å². The van der Waals surface area contributed by atoms with E-state index in [0.29, 0.717) is 36.7 Å². The average molecular weight is 523 g/mol. The number of benzene rings is 1. The van der Waals surface area contributed by atoms with E-state index >= 15 is 0 Å². The normalized spacial score (nSPS) is 20.8. The summed E-state index contributed by atoms with van der Waals surface area (Å²) in [6, 6.07) is 9.72. The Morgan fingerprint density at radius 2 is 1.86 bits per heavy atom. The van der Waals surface area contributed by atoms with E-state index in [4.69, 9.17) is 4.74 Å². The number of hydrogen-bond donors (Lipinski definition) is 3. The Kier molecular flexibility index (Phi) is 5.57. The van der Waals surface area contributed by atoms with Crippen LogP contribution in [-0.2, 0) is 10.4 Å². The van der Waals surface area contributed by atoms with E-state index in [9.17, 15) is 13.9 Å². The maximum absolute atomic E-state index is 12.2. The smallest absolute Gasteiger partial charge is 0.227 e. The van der Waals surface area contributed by atoms with Crippen LogP contribution in [0.3, 0.4) is 0 Å². The molecule has 2 saturated heterocycles. The van der Waals surface area contributed by atoms with Gasteiger partial charge < -0.3 is 15.0 Å². The molecule has 11 heteroatoms. The quantitative estimate of drug-likeness (QED) is 0.437. The van der Waals surface area contributed by atoms with Crippen LogP contribution in [0.1, 0.15) is 32.3 Å². The largest absolute Gasteiger partial charge is 0.482 e. The monoisotopic (exact) mass is 522 g/mol. The summed E-state index contributed by atoms with van der Waals surface area (Å²) < 4.78 is 30.6. The molecule has 0 spiro atoms. The predicted octanol–water partition coefficient (Wildman–Crippen LogP) is 4.97. The molecule has 0 bridgehead atoms. The first-order chi connectivity index (χ1) is 17.6. The van der Waals surface area contributed by atoms with Crippen LogP contribution in [0, 0.1) is 0 Å². The highest BCUT2D eigenvalue weighted by Crippen LogP contribution is 2.52. The van der Waals surface area contributed by atoms with Gasteiger partial charge in [0.15, 0.2) is 0 Å². The lowest BCUT2D eigenvalue weighted by Crippen LogP contribution is -2.30. The number of nitrogens with zero attached hydrogens (tertiary/aromatic N) is 5. The fourth-order valence-electron chi connectivity index (χ4n) is 5.17. The van der Waals surface area contributed by atoms with E-state index in [1.807, 2.05) is 55.3 Å². The summed E-state index contributed by atoms with van der Waals surface area (Å²) in [7, 11) is -1.34. The summed E-state index contributed by atoms with van der Waals surface area (Å²) >= 11 is 0. The van der Waals surface area contributed by atoms with Crippen molar-refractivity contribution in [1.82, 2.24) is 14.3 Å². The first-order valence-corrected chi connectivity index (χ1v) is 13.7. The lowest BCUT2D eigenvalue weighted by Gasteiger charge is -2.41. The molecule has 3 aliphatic rings. The molecular formula is C26H30N6O4S. The van der Waals surface area contributed by atoms with Crippen LogP contribution >= 0.6 is 11.0 Å². The third kappa shape index (κ3) is 4.08. The molecule has 194 valence electrons. The van der Waals surface area contributed by atoms with Gasteiger partial charge in [0.1, 0.15) is 17.2 Å². The summed E-state index contributed by atoms with van der Waals surface area (Å²) in [4.78, 5) is 23.0. The van der Waals surface area contributed by atoms with Gasteiger partial charge in [-0.2, -0.15) is 4.31 Å². The number of carbonyl (C=O) groups excluding carboxylic acids is 1. The molecule has 1 aromatic carbocycles. The van der Waals surface area contributed by atoms with Crippen molar-refractivity contribution < 1.29 is 18.6 Å². The van der Waals surface area contributed by atoms with Crippen LogP contribution in [0.4, 0.5) is 22.9 Å². The van der Waals surface area contributed by atoms with Crippen molar-refractivity contribution in [3.63, 3.8) is 0 Å². The number of carbonyl (C=O) groups is 1. The zero-order chi connectivity index (χ0) is 25.9. The number of likely N-dealkylation sites (N-methyl/N-ethyl adjacent to an activating group) is 1. The molecule has 2 aromatic heterocycles. The molecule has 10 nitrogen and oxygen atoms in total. The Morgan fingerprint density at radius 1 is 1.03 bits per heavy atom. The van der Waals surface area contributed by atoms with E-state index in [2.05, 4.69) is 15.3 Å². The van der Waals surface area contributed by atoms with E-state index in [1.165, 1.54) is 0 Å². The van der Waals surface area contributed by atoms with Crippen molar-refractivity contribution in [1.29, 1.82) is 0 Å². The second-order valence-electron chi connectivity index (χ2n) is 10.1. The molecule has 3 N–H and O–H groups in total. The second-order valence-corrected chi connectivity index (χ2v) is 12.1. The molecule has 6 rings (SSSR count). The molecule has 3 aliphatic heterocycles. The second kappa shape index (κ2) is 8.59. The van der Waals surface area contributed by atoms with Crippen LogP contribution in [0.5, 0.6) is 5.75 Å². The number of hydrogen-bond acceptors (Lipinski definition) is 9. The van der Waals surface area contributed by atoms with Gasteiger partial charge in [-0.3, -0.25) is 23.2 Å². The first kappa shape index (κ1) is 24.0. The number of rotatable bonds is 4.